The van der Waals surface area contributed by atoms with Gasteiger partial charge in [-0.15, -0.1) is 0 Å². The summed E-state index contributed by atoms with van der Waals surface area (Å²) in [6.07, 6.45) is 0.588. The third-order valence-corrected chi connectivity index (χ3v) is 3.84. The van der Waals surface area contributed by atoms with Crippen LogP contribution in [0.2, 0.25) is 0 Å². The van der Waals surface area contributed by atoms with Crippen molar-refractivity contribution in [2.24, 2.45) is 5.92 Å². The molecule has 0 saturated carbocycles. The number of carbonyl (C=O) groups is 1. The van der Waals surface area contributed by atoms with Crippen molar-refractivity contribution in [3.63, 3.8) is 0 Å². The van der Waals surface area contributed by atoms with E-state index in [9.17, 15) is 13.2 Å². The molecule has 2 heterocycles. The molecule has 0 aliphatic carbocycles. The van der Waals surface area contributed by atoms with Gasteiger partial charge >= 0.3 is 12.1 Å². The van der Waals surface area contributed by atoms with Crippen molar-refractivity contribution < 1.29 is 23.1 Å². The van der Waals surface area contributed by atoms with Gasteiger partial charge in [0.05, 0.1) is 0 Å². The number of carboxylic acid groups (broad SMARTS) is 1. The zero-order valence-corrected chi connectivity index (χ0v) is 11.7. The van der Waals surface area contributed by atoms with Gasteiger partial charge in [0.25, 0.3) is 0 Å². The minimum Gasteiger partial charge on any atom is -0.475 e. The van der Waals surface area contributed by atoms with E-state index < -0.39 is 12.1 Å². The number of hydrogen-bond donors (Lipinski definition) is 2. The Kier molecular flexibility index (Phi) is 6.75. The molecule has 0 radical (unpaired) electrons. The lowest BCUT2D eigenvalue weighted by molar-refractivity contribution is -0.192. The van der Waals surface area contributed by atoms with E-state index in [0.29, 0.717) is 0 Å². The number of piperidine rings is 2. The average molecular weight is 296 g/mol. The molecule has 2 saturated heterocycles. The number of nitrogens with zero attached hydrogens (tertiary/aromatic N) is 1. The Morgan fingerprint density at radius 1 is 1.25 bits per heavy atom. The molecule has 20 heavy (non-hydrogen) atoms. The first-order chi connectivity index (χ1) is 9.32. The first-order valence-corrected chi connectivity index (χ1v) is 7.07. The molecule has 2 atom stereocenters. The predicted molar refractivity (Wildman–Crippen MR) is 69.6 cm³/mol. The Bertz CT molecular complexity index is 304. The van der Waals surface area contributed by atoms with E-state index in [0.717, 1.165) is 12.0 Å². The monoisotopic (exact) mass is 296 g/mol. The molecule has 0 bridgehead atoms. The highest BCUT2D eigenvalue weighted by Gasteiger charge is 2.38. The molecule has 2 aliphatic heterocycles. The van der Waals surface area contributed by atoms with Crippen molar-refractivity contribution in [2.75, 3.05) is 26.2 Å². The van der Waals surface area contributed by atoms with E-state index >= 15 is 0 Å². The van der Waals surface area contributed by atoms with E-state index in [1.165, 1.54) is 51.9 Å². The molecular weight excluding hydrogens is 273 g/mol. The molecular formula is C13H23F3N2O2. The standard InChI is InChI=1S/C11H22N2.C2HF3O2/c1-10-9-12-6-5-11(10)13-7-3-2-4-8-13;3-2(4,5)1(6)7/h10-12H,2-9H2,1H3;(H,6,7). The van der Waals surface area contributed by atoms with Gasteiger partial charge in [-0.3, -0.25) is 0 Å². The van der Waals surface area contributed by atoms with Crippen molar-refractivity contribution in [3.8, 4) is 0 Å². The summed E-state index contributed by atoms with van der Waals surface area (Å²) < 4.78 is 31.7. The Morgan fingerprint density at radius 2 is 1.80 bits per heavy atom. The second-order valence-corrected chi connectivity index (χ2v) is 5.44. The summed E-state index contributed by atoms with van der Waals surface area (Å²) in [4.78, 5) is 11.6. The molecule has 2 N–H and O–H groups in total. The van der Waals surface area contributed by atoms with Gasteiger partial charge in [0, 0.05) is 6.04 Å². The zero-order valence-electron chi connectivity index (χ0n) is 11.7. The summed E-state index contributed by atoms with van der Waals surface area (Å²) >= 11 is 0. The molecule has 118 valence electrons. The van der Waals surface area contributed by atoms with E-state index in [4.69, 9.17) is 9.90 Å². The topological polar surface area (TPSA) is 52.6 Å². The van der Waals surface area contributed by atoms with Crippen molar-refractivity contribution in [2.45, 2.75) is 44.8 Å². The molecule has 2 rings (SSSR count). The maximum absolute atomic E-state index is 10.6. The highest BCUT2D eigenvalue weighted by molar-refractivity contribution is 5.73. The van der Waals surface area contributed by atoms with Crippen molar-refractivity contribution in [1.82, 2.24) is 10.2 Å². The third kappa shape index (κ3) is 5.66. The quantitative estimate of drug-likeness (QED) is 0.778. The van der Waals surface area contributed by atoms with Crippen LogP contribution in [-0.4, -0.2) is 54.4 Å². The second-order valence-electron chi connectivity index (χ2n) is 5.44. The Labute approximate surface area is 117 Å². The number of carboxylic acids is 1. The molecule has 2 unspecified atom stereocenters. The molecule has 0 aromatic rings. The minimum atomic E-state index is -5.08. The van der Waals surface area contributed by atoms with Crippen LogP contribution < -0.4 is 5.32 Å². The molecule has 0 spiro atoms. The third-order valence-electron chi connectivity index (χ3n) is 3.84. The molecule has 0 aromatic carbocycles. The molecule has 0 aromatic heterocycles. The van der Waals surface area contributed by atoms with E-state index in [2.05, 4.69) is 17.1 Å². The van der Waals surface area contributed by atoms with Gasteiger partial charge in [-0.2, -0.15) is 13.2 Å². The van der Waals surface area contributed by atoms with Crippen LogP contribution in [0.3, 0.4) is 0 Å². The number of halogens is 3. The molecule has 4 nitrogen and oxygen atoms in total. The Hall–Kier alpha value is -0.820. The van der Waals surface area contributed by atoms with Crippen LogP contribution in [0.1, 0.15) is 32.6 Å². The van der Waals surface area contributed by atoms with Crippen LogP contribution in [0.5, 0.6) is 0 Å². The van der Waals surface area contributed by atoms with Gasteiger partial charge in [0.2, 0.25) is 0 Å². The smallest absolute Gasteiger partial charge is 0.475 e. The van der Waals surface area contributed by atoms with Gasteiger partial charge in [-0.1, -0.05) is 13.3 Å². The first-order valence-electron chi connectivity index (χ1n) is 7.07. The number of likely N-dealkylation sites (tertiary alicyclic amines) is 1. The molecule has 2 fully saturated rings. The van der Waals surface area contributed by atoms with Crippen molar-refractivity contribution >= 4 is 5.97 Å². The summed E-state index contributed by atoms with van der Waals surface area (Å²) in [7, 11) is 0. The van der Waals surface area contributed by atoms with Crippen LogP contribution in [0, 0.1) is 5.92 Å². The van der Waals surface area contributed by atoms with Crippen LogP contribution in [0.4, 0.5) is 13.2 Å². The normalized spacial score (nSPS) is 28.4. The summed E-state index contributed by atoms with van der Waals surface area (Å²) in [5.41, 5.74) is 0. The number of nitrogens with one attached hydrogen (secondary N) is 1. The second kappa shape index (κ2) is 7.83. The lowest BCUT2D eigenvalue weighted by Crippen LogP contribution is -2.50. The fourth-order valence-electron chi connectivity index (χ4n) is 2.79. The van der Waals surface area contributed by atoms with Gasteiger partial charge in [-0.25, -0.2) is 4.79 Å². The highest BCUT2D eigenvalue weighted by atomic mass is 19.4. The number of aliphatic carboxylic acids is 1. The van der Waals surface area contributed by atoms with Gasteiger partial charge < -0.3 is 15.3 Å². The minimum absolute atomic E-state index is 0.854. The van der Waals surface area contributed by atoms with E-state index in [-0.39, 0.29) is 0 Å². The zero-order chi connectivity index (χ0) is 15.2. The Morgan fingerprint density at radius 3 is 2.25 bits per heavy atom. The fourth-order valence-corrected chi connectivity index (χ4v) is 2.79. The number of alkyl halides is 3. The van der Waals surface area contributed by atoms with Crippen molar-refractivity contribution in [3.05, 3.63) is 0 Å². The van der Waals surface area contributed by atoms with Gasteiger partial charge in [0.1, 0.15) is 0 Å². The maximum atomic E-state index is 10.6. The summed E-state index contributed by atoms with van der Waals surface area (Å²) in [6, 6.07) is 0.876. The predicted octanol–water partition coefficient (Wildman–Crippen LogP) is 2.10. The lowest BCUT2D eigenvalue weighted by atomic mass is 9.92. The van der Waals surface area contributed by atoms with Gasteiger partial charge in [0.15, 0.2) is 0 Å². The summed E-state index contributed by atoms with van der Waals surface area (Å²) in [5, 5.41) is 10.6. The lowest BCUT2D eigenvalue weighted by Gasteiger charge is -2.40. The molecule has 7 heteroatoms. The fraction of sp³-hybridized carbons (Fsp3) is 0.923. The molecule has 2 aliphatic rings. The van der Waals surface area contributed by atoms with Crippen LogP contribution in [-0.2, 0) is 4.79 Å². The largest absolute Gasteiger partial charge is 0.490 e. The highest BCUT2D eigenvalue weighted by Crippen LogP contribution is 2.21. The number of hydrogen-bond acceptors (Lipinski definition) is 3. The molecule has 0 amide bonds. The van der Waals surface area contributed by atoms with Crippen LogP contribution in [0.15, 0.2) is 0 Å². The van der Waals surface area contributed by atoms with E-state index in [1.807, 2.05) is 0 Å². The van der Waals surface area contributed by atoms with Crippen molar-refractivity contribution in [1.29, 1.82) is 0 Å². The van der Waals surface area contributed by atoms with Crippen LogP contribution in [0.25, 0.3) is 0 Å². The summed E-state index contributed by atoms with van der Waals surface area (Å²) in [6.45, 7) is 7.56. The first kappa shape index (κ1) is 17.2. The number of rotatable bonds is 1. The Balaban J connectivity index is 0.000000246. The SMILES string of the molecule is CC1CNCCC1N1CCCCC1.O=C(O)C(F)(F)F. The average Bonchev–Trinajstić information content (AvgIpc) is 2.40. The maximum Gasteiger partial charge on any atom is 0.490 e. The van der Waals surface area contributed by atoms with Crippen LogP contribution >= 0.6 is 0 Å². The van der Waals surface area contributed by atoms with Gasteiger partial charge in [-0.05, 0) is 51.4 Å². The summed E-state index contributed by atoms with van der Waals surface area (Å²) in [5.74, 6) is -1.90. The van der Waals surface area contributed by atoms with E-state index in [1.54, 1.807) is 0 Å².